The predicted octanol–water partition coefficient (Wildman–Crippen LogP) is 5.45. The molecule has 0 saturated carbocycles. The van der Waals surface area contributed by atoms with E-state index in [9.17, 15) is 4.79 Å². The minimum Gasteiger partial charge on any atom is -0.444 e. The van der Waals surface area contributed by atoms with Crippen molar-refractivity contribution in [1.29, 1.82) is 0 Å². The molecule has 0 aromatic heterocycles. The molecule has 5 heteroatoms. The number of nitrogens with zero attached hydrogens (tertiary/aromatic N) is 1. The molecular weight excluding hydrogens is 338 g/mol. The van der Waals surface area contributed by atoms with Crippen LogP contribution >= 0.6 is 11.6 Å². The van der Waals surface area contributed by atoms with Gasteiger partial charge in [0.25, 0.3) is 0 Å². The highest BCUT2D eigenvalue weighted by Gasteiger charge is 2.33. The zero-order valence-corrected chi connectivity index (χ0v) is 16.5. The Hall–Kier alpha value is -1.26. The molecule has 0 unspecified atom stereocenters. The molecular formula is C20H30ClNO3. The molecule has 1 aromatic carbocycles. The molecule has 1 aliphatic rings. The first-order valence-corrected chi connectivity index (χ1v) is 9.53. The van der Waals surface area contributed by atoms with Gasteiger partial charge in [-0.15, -0.1) is 0 Å². The summed E-state index contributed by atoms with van der Waals surface area (Å²) in [5.74, 6) is 0.242. The van der Waals surface area contributed by atoms with Crippen LogP contribution in [0.3, 0.4) is 0 Å². The predicted molar refractivity (Wildman–Crippen MR) is 101 cm³/mol. The Kier molecular flexibility index (Phi) is 7.14. The molecule has 4 nitrogen and oxygen atoms in total. The van der Waals surface area contributed by atoms with Crippen molar-refractivity contribution >= 4 is 17.7 Å². The Bertz CT molecular complexity index is 570. The third-order valence-electron chi connectivity index (χ3n) is 4.22. The average Bonchev–Trinajstić information content (AvgIpc) is 2.54. The number of carbonyl (C=O) groups excluding carboxylic acids is 1. The summed E-state index contributed by atoms with van der Waals surface area (Å²) in [6.07, 6.45) is 2.65. The highest BCUT2D eigenvalue weighted by Crippen LogP contribution is 2.34. The molecule has 1 aliphatic heterocycles. The van der Waals surface area contributed by atoms with Crippen molar-refractivity contribution in [2.45, 2.75) is 58.7 Å². The van der Waals surface area contributed by atoms with E-state index >= 15 is 0 Å². The Morgan fingerprint density at radius 2 is 2.16 bits per heavy atom. The monoisotopic (exact) mass is 367 g/mol. The molecule has 0 aliphatic carbocycles. The van der Waals surface area contributed by atoms with E-state index in [1.807, 2.05) is 43.9 Å². The molecule has 2 atom stereocenters. The van der Waals surface area contributed by atoms with Gasteiger partial charge < -0.3 is 14.4 Å². The van der Waals surface area contributed by atoms with Gasteiger partial charge in [-0.25, -0.2) is 4.79 Å². The number of carbonyl (C=O) groups is 1. The van der Waals surface area contributed by atoms with Gasteiger partial charge in [0.15, 0.2) is 0 Å². The van der Waals surface area contributed by atoms with Gasteiger partial charge in [-0.1, -0.05) is 30.7 Å². The standard InChI is InChI=1S/C20H30ClNO3/c1-5-12-24-18(15-8-6-10-17(21)13-15)16-9-7-11-22(14-16)19(23)25-20(2,3)4/h6,8,10,13,16,18H,5,7,9,11-12,14H2,1-4H3/t16-,18+/m1/s1. The maximum atomic E-state index is 12.4. The smallest absolute Gasteiger partial charge is 0.410 e. The third kappa shape index (κ3) is 6.19. The SMILES string of the molecule is CCCO[C@@H](c1cccc(Cl)c1)[C@@H]1CCCN(C(=O)OC(C)(C)C)C1. The van der Waals surface area contributed by atoms with Crippen molar-refractivity contribution < 1.29 is 14.3 Å². The summed E-state index contributed by atoms with van der Waals surface area (Å²) in [5.41, 5.74) is 0.603. The van der Waals surface area contributed by atoms with Gasteiger partial charge in [0.1, 0.15) is 5.60 Å². The van der Waals surface area contributed by atoms with E-state index in [0.717, 1.165) is 31.4 Å². The second-order valence-corrected chi connectivity index (χ2v) is 8.11. The molecule has 1 fully saturated rings. The Balaban J connectivity index is 2.12. The van der Waals surface area contributed by atoms with Crippen LogP contribution in [0.4, 0.5) is 4.79 Å². The fourth-order valence-electron chi connectivity index (χ4n) is 3.18. The number of ether oxygens (including phenoxy) is 2. The van der Waals surface area contributed by atoms with E-state index in [2.05, 4.69) is 13.0 Å². The van der Waals surface area contributed by atoms with Crippen LogP contribution in [0.25, 0.3) is 0 Å². The highest BCUT2D eigenvalue weighted by atomic mass is 35.5. The van der Waals surface area contributed by atoms with Crippen LogP contribution < -0.4 is 0 Å². The lowest BCUT2D eigenvalue weighted by molar-refractivity contribution is -0.0254. The number of rotatable bonds is 5. The van der Waals surface area contributed by atoms with Crippen LogP contribution in [0.2, 0.25) is 5.02 Å². The number of amides is 1. The lowest BCUT2D eigenvalue weighted by Crippen LogP contribution is -2.44. The maximum absolute atomic E-state index is 12.4. The van der Waals surface area contributed by atoms with Gasteiger partial charge in [-0.2, -0.15) is 0 Å². The van der Waals surface area contributed by atoms with Crippen molar-refractivity contribution in [1.82, 2.24) is 4.90 Å². The summed E-state index contributed by atoms with van der Waals surface area (Å²) < 4.78 is 11.7. The highest BCUT2D eigenvalue weighted by molar-refractivity contribution is 6.30. The van der Waals surface area contributed by atoms with Gasteiger partial charge in [-0.3, -0.25) is 0 Å². The number of benzene rings is 1. The maximum Gasteiger partial charge on any atom is 0.410 e. The molecule has 25 heavy (non-hydrogen) atoms. The molecule has 0 N–H and O–H groups in total. The number of piperidine rings is 1. The molecule has 1 amide bonds. The summed E-state index contributed by atoms with van der Waals surface area (Å²) in [5, 5.41) is 0.711. The molecule has 1 aromatic rings. The van der Waals surface area contributed by atoms with Crippen LogP contribution in [0, 0.1) is 5.92 Å². The Morgan fingerprint density at radius 3 is 2.80 bits per heavy atom. The van der Waals surface area contributed by atoms with Gasteiger partial charge in [-0.05, 0) is 57.7 Å². The summed E-state index contributed by atoms with van der Waals surface area (Å²) >= 11 is 6.17. The first-order valence-electron chi connectivity index (χ1n) is 9.15. The lowest BCUT2D eigenvalue weighted by atomic mass is 9.88. The van der Waals surface area contributed by atoms with E-state index in [1.54, 1.807) is 0 Å². The van der Waals surface area contributed by atoms with E-state index in [0.29, 0.717) is 18.2 Å². The minimum absolute atomic E-state index is 0.0520. The van der Waals surface area contributed by atoms with E-state index in [1.165, 1.54) is 0 Å². The van der Waals surface area contributed by atoms with Crippen LogP contribution in [0.1, 0.15) is 58.6 Å². The second-order valence-electron chi connectivity index (χ2n) is 7.68. The van der Waals surface area contributed by atoms with E-state index in [4.69, 9.17) is 21.1 Å². The number of halogens is 1. The number of hydrogen-bond acceptors (Lipinski definition) is 3. The first kappa shape index (κ1) is 20.1. The molecule has 0 bridgehead atoms. The zero-order chi connectivity index (χ0) is 18.4. The minimum atomic E-state index is -0.477. The van der Waals surface area contributed by atoms with Gasteiger partial charge >= 0.3 is 6.09 Å². The van der Waals surface area contributed by atoms with Crippen LogP contribution in [-0.4, -0.2) is 36.3 Å². The largest absolute Gasteiger partial charge is 0.444 e. The normalized spacial score (nSPS) is 19.6. The molecule has 1 saturated heterocycles. The topological polar surface area (TPSA) is 38.8 Å². The number of hydrogen-bond donors (Lipinski definition) is 0. The van der Waals surface area contributed by atoms with Crippen molar-refractivity contribution in [2.75, 3.05) is 19.7 Å². The van der Waals surface area contributed by atoms with Crippen LogP contribution in [0.15, 0.2) is 24.3 Å². The average molecular weight is 368 g/mol. The molecule has 0 spiro atoms. The lowest BCUT2D eigenvalue weighted by Gasteiger charge is -2.37. The molecule has 1 heterocycles. The van der Waals surface area contributed by atoms with E-state index in [-0.39, 0.29) is 18.1 Å². The van der Waals surface area contributed by atoms with Gasteiger partial charge in [0.05, 0.1) is 6.10 Å². The van der Waals surface area contributed by atoms with Crippen molar-refractivity contribution in [3.05, 3.63) is 34.9 Å². The first-order chi connectivity index (χ1) is 11.8. The summed E-state index contributed by atoms with van der Waals surface area (Å²) in [4.78, 5) is 14.2. The Morgan fingerprint density at radius 1 is 1.40 bits per heavy atom. The summed E-state index contributed by atoms with van der Waals surface area (Å²) in [6, 6.07) is 7.84. The van der Waals surface area contributed by atoms with Gasteiger partial charge in [0, 0.05) is 30.6 Å². The quantitative estimate of drug-likeness (QED) is 0.694. The number of likely N-dealkylation sites (tertiary alicyclic amines) is 1. The van der Waals surface area contributed by atoms with Crippen LogP contribution in [-0.2, 0) is 9.47 Å². The Labute approximate surface area is 156 Å². The van der Waals surface area contributed by atoms with Crippen molar-refractivity contribution in [2.24, 2.45) is 5.92 Å². The summed E-state index contributed by atoms with van der Waals surface area (Å²) in [6.45, 7) is 9.86. The van der Waals surface area contributed by atoms with Crippen molar-refractivity contribution in [3.63, 3.8) is 0 Å². The van der Waals surface area contributed by atoms with E-state index < -0.39 is 5.60 Å². The fraction of sp³-hybridized carbons (Fsp3) is 0.650. The van der Waals surface area contributed by atoms with Crippen LogP contribution in [0.5, 0.6) is 0 Å². The fourth-order valence-corrected chi connectivity index (χ4v) is 3.38. The second kappa shape index (κ2) is 8.91. The molecule has 140 valence electrons. The van der Waals surface area contributed by atoms with Crippen molar-refractivity contribution in [3.8, 4) is 0 Å². The zero-order valence-electron chi connectivity index (χ0n) is 15.8. The van der Waals surface area contributed by atoms with Gasteiger partial charge in [0.2, 0.25) is 0 Å². The molecule has 2 rings (SSSR count). The molecule has 0 radical (unpaired) electrons. The third-order valence-corrected chi connectivity index (χ3v) is 4.45. The summed E-state index contributed by atoms with van der Waals surface area (Å²) in [7, 11) is 0.